The van der Waals surface area contributed by atoms with E-state index in [2.05, 4.69) is 5.32 Å². The molecule has 0 aromatic heterocycles. The number of ether oxygens (including phenoxy) is 1. The molecule has 1 amide bonds. The van der Waals surface area contributed by atoms with Crippen molar-refractivity contribution < 1.29 is 17.9 Å². The molecule has 6 nitrogen and oxygen atoms in total. The predicted octanol–water partition coefficient (Wildman–Crippen LogP) is 1.20. The van der Waals surface area contributed by atoms with Gasteiger partial charge in [0.2, 0.25) is 10.0 Å². The standard InChI is InChI=1S/C13H17ClN2O4S/c1-8-6-9(7-11(12(8)14)21(15,18)19)13(17)16-10-2-4-20-5-3-10/h6-7,10H,2-5H2,1H3,(H,16,17)(H2,15,18,19). The number of carbonyl (C=O) groups is 1. The van der Waals surface area contributed by atoms with Crippen LogP contribution in [0.3, 0.4) is 0 Å². The quantitative estimate of drug-likeness (QED) is 0.869. The van der Waals surface area contributed by atoms with Gasteiger partial charge in [-0.25, -0.2) is 13.6 Å². The molecule has 2 rings (SSSR count). The topological polar surface area (TPSA) is 98.5 Å². The molecule has 0 atom stereocenters. The number of rotatable bonds is 3. The van der Waals surface area contributed by atoms with Gasteiger partial charge in [-0.1, -0.05) is 11.6 Å². The normalized spacial score (nSPS) is 16.7. The highest BCUT2D eigenvalue weighted by molar-refractivity contribution is 7.89. The molecule has 1 aliphatic heterocycles. The molecule has 1 fully saturated rings. The molecule has 0 spiro atoms. The van der Waals surface area contributed by atoms with E-state index in [4.69, 9.17) is 21.5 Å². The molecule has 0 saturated carbocycles. The van der Waals surface area contributed by atoms with E-state index in [0.717, 1.165) is 12.8 Å². The lowest BCUT2D eigenvalue weighted by molar-refractivity contribution is 0.0696. The molecule has 1 heterocycles. The Morgan fingerprint density at radius 1 is 1.38 bits per heavy atom. The third-order valence-corrected chi connectivity index (χ3v) is 4.90. The molecule has 3 N–H and O–H groups in total. The average Bonchev–Trinajstić information content (AvgIpc) is 2.41. The summed E-state index contributed by atoms with van der Waals surface area (Å²) in [5.41, 5.74) is 0.715. The van der Waals surface area contributed by atoms with Crippen molar-refractivity contribution >= 4 is 27.5 Å². The van der Waals surface area contributed by atoms with Crippen LogP contribution in [0.15, 0.2) is 17.0 Å². The number of aryl methyl sites for hydroxylation is 1. The van der Waals surface area contributed by atoms with Gasteiger partial charge < -0.3 is 10.1 Å². The van der Waals surface area contributed by atoms with Crippen LogP contribution >= 0.6 is 11.6 Å². The first-order chi connectivity index (χ1) is 9.79. The van der Waals surface area contributed by atoms with Crippen LogP contribution in [0.2, 0.25) is 5.02 Å². The first kappa shape index (κ1) is 16.2. The highest BCUT2D eigenvalue weighted by Crippen LogP contribution is 2.26. The monoisotopic (exact) mass is 332 g/mol. The summed E-state index contributed by atoms with van der Waals surface area (Å²) in [5, 5.41) is 8.02. The van der Waals surface area contributed by atoms with Gasteiger partial charge in [0.25, 0.3) is 5.91 Å². The molecule has 0 radical (unpaired) electrons. The van der Waals surface area contributed by atoms with Crippen LogP contribution in [0, 0.1) is 6.92 Å². The molecule has 0 bridgehead atoms. The molecule has 1 saturated heterocycles. The number of nitrogens with one attached hydrogen (secondary N) is 1. The summed E-state index contributed by atoms with van der Waals surface area (Å²) in [6, 6.07) is 2.78. The lowest BCUT2D eigenvalue weighted by Crippen LogP contribution is -2.39. The Kier molecular flexibility index (Phi) is 4.88. The Bertz CT molecular complexity index is 654. The molecule has 0 unspecified atom stereocenters. The van der Waals surface area contributed by atoms with E-state index in [0.29, 0.717) is 18.8 Å². The number of amides is 1. The lowest BCUT2D eigenvalue weighted by Gasteiger charge is -2.23. The fraction of sp³-hybridized carbons (Fsp3) is 0.462. The van der Waals surface area contributed by atoms with Crippen molar-refractivity contribution in [2.75, 3.05) is 13.2 Å². The van der Waals surface area contributed by atoms with E-state index in [1.165, 1.54) is 6.07 Å². The van der Waals surface area contributed by atoms with Crippen molar-refractivity contribution in [3.05, 3.63) is 28.3 Å². The minimum absolute atomic E-state index is 0.0279. The second kappa shape index (κ2) is 6.31. The zero-order chi connectivity index (χ0) is 15.6. The first-order valence-corrected chi connectivity index (χ1v) is 8.43. The number of halogens is 1. The van der Waals surface area contributed by atoms with Gasteiger partial charge in [-0.3, -0.25) is 4.79 Å². The lowest BCUT2D eigenvalue weighted by atomic mass is 10.1. The maximum Gasteiger partial charge on any atom is 0.251 e. The van der Waals surface area contributed by atoms with Gasteiger partial charge in [0, 0.05) is 24.8 Å². The Labute approximate surface area is 128 Å². The van der Waals surface area contributed by atoms with Crippen LogP contribution in [-0.2, 0) is 14.8 Å². The molecule has 21 heavy (non-hydrogen) atoms. The number of hydrogen-bond acceptors (Lipinski definition) is 4. The summed E-state index contributed by atoms with van der Waals surface area (Å²) in [6.45, 7) is 2.84. The summed E-state index contributed by atoms with van der Waals surface area (Å²) in [5.74, 6) is -0.341. The van der Waals surface area contributed by atoms with Gasteiger partial charge >= 0.3 is 0 Å². The maximum absolute atomic E-state index is 12.2. The van der Waals surface area contributed by atoms with E-state index >= 15 is 0 Å². The number of carbonyl (C=O) groups excluding carboxylic acids is 1. The van der Waals surface area contributed by atoms with Crippen molar-refractivity contribution in [2.24, 2.45) is 5.14 Å². The number of sulfonamides is 1. The van der Waals surface area contributed by atoms with Crippen molar-refractivity contribution in [3.63, 3.8) is 0 Å². The van der Waals surface area contributed by atoms with Gasteiger partial charge in [-0.15, -0.1) is 0 Å². The summed E-state index contributed by atoms with van der Waals surface area (Å²) in [4.78, 5) is 12.0. The minimum atomic E-state index is -3.98. The van der Waals surface area contributed by atoms with Crippen LogP contribution in [0.25, 0.3) is 0 Å². The fourth-order valence-corrected chi connectivity index (χ4v) is 3.32. The van der Waals surface area contributed by atoms with Crippen LogP contribution in [-0.4, -0.2) is 33.6 Å². The smallest absolute Gasteiger partial charge is 0.251 e. The third kappa shape index (κ3) is 3.94. The number of primary sulfonamides is 1. The Morgan fingerprint density at radius 3 is 2.57 bits per heavy atom. The summed E-state index contributed by atoms with van der Waals surface area (Å²) in [7, 11) is -3.98. The van der Waals surface area contributed by atoms with E-state index in [1.807, 2.05) is 0 Å². The summed E-state index contributed by atoms with van der Waals surface area (Å²) < 4.78 is 28.3. The van der Waals surface area contributed by atoms with E-state index in [-0.39, 0.29) is 27.4 Å². The molecule has 8 heteroatoms. The van der Waals surface area contributed by atoms with Crippen LogP contribution in [0.5, 0.6) is 0 Å². The summed E-state index contributed by atoms with van der Waals surface area (Å²) >= 11 is 5.94. The average molecular weight is 333 g/mol. The summed E-state index contributed by atoms with van der Waals surface area (Å²) in [6.07, 6.45) is 1.47. The molecular formula is C13H17ClN2O4S. The number of benzene rings is 1. The molecular weight excluding hydrogens is 316 g/mol. The highest BCUT2D eigenvalue weighted by atomic mass is 35.5. The molecule has 1 aromatic rings. The van der Waals surface area contributed by atoms with Gasteiger partial charge in [-0.05, 0) is 37.5 Å². The van der Waals surface area contributed by atoms with E-state index < -0.39 is 10.0 Å². The minimum Gasteiger partial charge on any atom is -0.381 e. The van der Waals surface area contributed by atoms with Crippen molar-refractivity contribution in [1.29, 1.82) is 0 Å². The zero-order valence-electron chi connectivity index (χ0n) is 11.6. The zero-order valence-corrected chi connectivity index (χ0v) is 13.1. The Morgan fingerprint density at radius 2 is 2.00 bits per heavy atom. The second-order valence-electron chi connectivity index (χ2n) is 5.01. The number of nitrogens with two attached hydrogens (primary N) is 1. The van der Waals surface area contributed by atoms with E-state index in [1.54, 1.807) is 13.0 Å². The molecule has 0 aliphatic carbocycles. The second-order valence-corrected chi connectivity index (χ2v) is 6.92. The van der Waals surface area contributed by atoms with Crippen LogP contribution in [0.1, 0.15) is 28.8 Å². The Balaban J connectivity index is 2.27. The van der Waals surface area contributed by atoms with Gasteiger partial charge in [0.15, 0.2) is 0 Å². The first-order valence-electron chi connectivity index (χ1n) is 6.50. The van der Waals surface area contributed by atoms with E-state index in [9.17, 15) is 13.2 Å². The third-order valence-electron chi connectivity index (χ3n) is 3.35. The van der Waals surface area contributed by atoms with Crippen LogP contribution < -0.4 is 10.5 Å². The predicted molar refractivity (Wildman–Crippen MR) is 78.9 cm³/mol. The number of hydrogen-bond donors (Lipinski definition) is 2. The SMILES string of the molecule is Cc1cc(C(=O)NC2CCOCC2)cc(S(N)(=O)=O)c1Cl. The molecule has 116 valence electrons. The van der Waals surface area contributed by atoms with Gasteiger partial charge in [-0.2, -0.15) is 0 Å². The highest BCUT2D eigenvalue weighted by Gasteiger charge is 2.21. The molecule has 1 aliphatic rings. The molecule has 1 aromatic carbocycles. The van der Waals surface area contributed by atoms with Crippen molar-refractivity contribution in [1.82, 2.24) is 5.32 Å². The van der Waals surface area contributed by atoms with Crippen molar-refractivity contribution in [3.8, 4) is 0 Å². The van der Waals surface area contributed by atoms with Crippen molar-refractivity contribution in [2.45, 2.75) is 30.7 Å². The maximum atomic E-state index is 12.2. The van der Waals surface area contributed by atoms with Gasteiger partial charge in [0.1, 0.15) is 4.90 Å². The van der Waals surface area contributed by atoms with Gasteiger partial charge in [0.05, 0.1) is 5.02 Å². The van der Waals surface area contributed by atoms with Crippen LogP contribution in [0.4, 0.5) is 0 Å². The fourth-order valence-electron chi connectivity index (χ4n) is 2.19. The largest absolute Gasteiger partial charge is 0.381 e. The Hall–Kier alpha value is -1.15.